The van der Waals surface area contributed by atoms with Gasteiger partial charge in [0.2, 0.25) is 0 Å². The highest BCUT2D eigenvalue weighted by Crippen LogP contribution is 2.40. The Bertz CT molecular complexity index is 497. The molecule has 0 spiro atoms. The number of benzene rings is 1. The van der Waals surface area contributed by atoms with Crippen LogP contribution >= 0.6 is 0 Å². The number of rotatable bonds is 17. The van der Waals surface area contributed by atoms with Gasteiger partial charge in [0.15, 0.2) is 5.79 Å². The summed E-state index contributed by atoms with van der Waals surface area (Å²) < 4.78 is 23.1. The molecule has 0 bridgehead atoms. The Morgan fingerprint density at radius 3 is 2.25 bits per heavy atom. The molecule has 1 aliphatic rings. The maximum Gasteiger partial charge on any atom is 0.197 e. The Kier molecular flexibility index (Phi) is 11.1. The van der Waals surface area contributed by atoms with Crippen LogP contribution in [0.5, 0.6) is 0 Å². The van der Waals surface area contributed by atoms with E-state index < -0.39 is 5.79 Å². The fourth-order valence-electron chi connectivity index (χ4n) is 4.06. The van der Waals surface area contributed by atoms with E-state index in [9.17, 15) is 0 Å². The summed E-state index contributed by atoms with van der Waals surface area (Å²) >= 11 is 0. The van der Waals surface area contributed by atoms with Crippen molar-refractivity contribution in [1.82, 2.24) is 0 Å². The van der Waals surface area contributed by atoms with Crippen LogP contribution in [-0.2, 0) is 24.7 Å². The van der Waals surface area contributed by atoms with Crippen LogP contribution in [0.2, 0.25) is 0 Å². The molecule has 1 aromatic carbocycles. The summed E-state index contributed by atoms with van der Waals surface area (Å²) in [7, 11) is 3.54. The summed E-state index contributed by atoms with van der Waals surface area (Å²) in [5.41, 5.74) is 1.10. The average Bonchev–Trinajstić information content (AvgIpc) is 3.56. The SMILES string of the molecule is CCCCCCCCC(CCCOCC1CO1)C(OC)(OC)c1ccccc1. The van der Waals surface area contributed by atoms with E-state index in [0.29, 0.717) is 12.0 Å². The second-order valence-corrected chi connectivity index (χ2v) is 7.87. The molecule has 2 unspecified atom stereocenters. The number of hydrogen-bond donors (Lipinski definition) is 0. The summed E-state index contributed by atoms with van der Waals surface area (Å²) in [6.45, 7) is 4.61. The third kappa shape index (κ3) is 7.47. The van der Waals surface area contributed by atoms with Crippen LogP contribution in [0.25, 0.3) is 0 Å². The molecule has 1 fully saturated rings. The van der Waals surface area contributed by atoms with Gasteiger partial charge in [0.25, 0.3) is 0 Å². The van der Waals surface area contributed by atoms with Gasteiger partial charge in [-0.3, -0.25) is 0 Å². The number of epoxide rings is 1. The smallest absolute Gasteiger partial charge is 0.197 e. The highest BCUT2D eigenvalue weighted by atomic mass is 16.7. The first kappa shape index (κ1) is 23.3. The number of unbranched alkanes of at least 4 members (excludes halogenated alkanes) is 5. The van der Waals surface area contributed by atoms with Gasteiger partial charge in [0.1, 0.15) is 6.10 Å². The van der Waals surface area contributed by atoms with E-state index in [1.807, 2.05) is 6.07 Å². The molecule has 1 aromatic rings. The van der Waals surface area contributed by atoms with Gasteiger partial charge < -0.3 is 18.9 Å². The third-order valence-corrected chi connectivity index (χ3v) is 5.77. The molecule has 1 aliphatic heterocycles. The molecular weight excluding hydrogens is 352 g/mol. The minimum Gasteiger partial charge on any atom is -0.379 e. The molecule has 2 rings (SSSR count). The minimum absolute atomic E-state index is 0.303. The zero-order valence-electron chi connectivity index (χ0n) is 18.2. The van der Waals surface area contributed by atoms with Gasteiger partial charge in [0, 0.05) is 32.3 Å². The van der Waals surface area contributed by atoms with Gasteiger partial charge in [-0.15, -0.1) is 0 Å². The predicted octanol–water partition coefficient (Wildman–Crippen LogP) is 5.69. The topological polar surface area (TPSA) is 40.2 Å². The van der Waals surface area contributed by atoms with Gasteiger partial charge in [-0.25, -0.2) is 0 Å². The van der Waals surface area contributed by atoms with Gasteiger partial charge in [-0.05, 0) is 19.3 Å². The molecule has 0 saturated carbocycles. The van der Waals surface area contributed by atoms with E-state index in [1.165, 1.54) is 38.5 Å². The van der Waals surface area contributed by atoms with Gasteiger partial charge in [-0.2, -0.15) is 0 Å². The summed E-state index contributed by atoms with van der Waals surface area (Å²) in [5, 5.41) is 0. The zero-order chi connectivity index (χ0) is 20.1. The Hall–Kier alpha value is -0.940. The van der Waals surface area contributed by atoms with Crippen molar-refractivity contribution in [2.75, 3.05) is 34.0 Å². The molecule has 1 heterocycles. The third-order valence-electron chi connectivity index (χ3n) is 5.77. The summed E-state index contributed by atoms with van der Waals surface area (Å²) in [6, 6.07) is 10.4. The molecule has 0 aromatic heterocycles. The van der Waals surface area contributed by atoms with Crippen molar-refractivity contribution >= 4 is 0 Å². The lowest BCUT2D eigenvalue weighted by molar-refractivity contribution is -0.253. The van der Waals surface area contributed by atoms with Gasteiger partial charge >= 0.3 is 0 Å². The number of hydrogen-bond acceptors (Lipinski definition) is 4. The number of methoxy groups -OCH3 is 2. The van der Waals surface area contributed by atoms with Crippen molar-refractivity contribution in [1.29, 1.82) is 0 Å². The van der Waals surface area contributed by atoms with Crippen LogP contribution in [0.4, 0.5) is 0 Å². The molecule has 28 heavy (non-hydrogen) atoms. The molecule has 1 saturated heterocycles. The van der Waals surface area contributed by atoms with E-state index in [0.717, 1.165) is 44.6 Å². The van der Waals surface area contributed by atoms with Crippen LogP contribution in [-0.4, -0.2) is 40.1 Å². The Labute approximate surface area is 171 Å². The molecule has 0 aliphatic carbocycles. The van der Waals surface area contributed by atoms with Crippen LogP contribution in [0, 0.1) is 5.92 Å². The first-order valence-electron chi connectivity index (χ1n) is 11.1. The van der Waals surface area contributed by atoms with Crippen molar-refractivity contribution in [3.63, 3.8) is 0 Å². The first-order valence-corrected chi connectivity index (χ1v) is 11.1. The summed E-state index contributed by atoms with van der Waals surface area (Å²) in [6.07, 6.45) is 11.3. The van der Waals surface area contributed by atoms with Gasteiger partial charge in [0.05, 0.1) is 13.2 Å². The van der Waals surface area contributed by atoms with E-state index in [-0.39, 0.29) is 0 Å². The van der Waals surface area contributed by atoms with Crippen molar-refractivity contribution in [3.05, 3.63) is 35.9 Å². The highest BCUT2D eigenvalue weighted by molar-refractivity contribution is 5.21. The maximum atomic E-state index is 6.05. The zero-order valence-corrected chi connectivity index (χ0v) is 18.2. The van der Waals surface area contributed by atoms with Crippen LogP contribution in [0.1, 0.15) is 70.3 Å². The maximum absolute atomic E-state index is 6.05. The second-order valence-electron chi connectivity index (χ2n) is 7.87. The lowest BCUT2D eigenvalue weighted by Crippen LogP contribution is -2.39. The van der Waals surface area contributed by atoms with Gasteiger partial charge in [-0.1, -0.05) is 75.8 Å². The Morgan fingerprint density at radius 2 is 1.61 bits per heavy atom. The molecule has 0 radical (unpaired) electrons. The van der Waals surface area contributed by atoms with Crippen molar-refractivity contribution < 1.29 is 18.9 Å². The molecule has 2 atom stereocenters. The van der Waals surface area contributed by atoms with Crippen molar-refractivity contribution in [3.8, 4) is 0 Å². The van der Waals surface area contributed by atoms with E-state index in [1.54, 1.807) is 14.2 Å². The van der Waals surface area contributed by atoms with E-state index in [2.05, 4.69) is 31.2 Å². The monoisotopic (exact) mass is 392 g/mol. The van der Waals surface area contributed by atoms with E-state index in [4.69, 9.17) is 18.9 Å². The molecular formula is C24H40O4. The predicted molar refractivity (Wildman–Crippen MR) is 113 cm³/mol. The second kappa shape index (κ2) is 13.3. The van der Waals surface area contributed by atoms with Crippen molar-refractivity contribution in [2.24, 2.45) is 5.92 Å². The summed E-state index contributed by atoms with van der Waals surface area (Å²) in [4.78, 5) is 0. The van der Waals surface area contributed by atoms with Crippen LogP contribution in [0.15, 0.2) is 30.3 Å². The molecule has 160 valence electrons. The van der Waals surface area contributed by atoms with Crippen molar-refractivity contribution in [2.45, 2.75) is 76.6 Å². The first-order chi connectivity index (χ1) is 13.8. The largest absolute Gasteiger partial charge is 0.379 e. The minimum atomic E-state index is -0.690. The quantitative estimate of drug-likeness (QED) is 0.194. The Morgan fingerprint density at radius 1 is 0.964 bits per heavy atom. The Balaban J connectivity index is 1.94. The molecule has 4 heteroatoms. The molecule has 0 N–H and O–H groups in total. The number of ether oxygens (including phenoxy) is 4. The molecule has 4 nitrogen and oxygen atoms in total. The lowest BCUT2D eigenvalue weighted by Gasteiger charge is -2.39. The fourth-order valence-corrected chi connectivity index (χ4v) is 4.06. The highest BCUT2D eigenvalue weighted by Gasteiger charge is 2.40. The lowest BCUT2D eigenvalue weighted by atomic mass is 9.83. The van der Waals surface area contributed by atoms with E-state index >= 15 is 0 Å². The van der Waals surface area contributed by atoms with Crippen LogP contribution in [0.3, 0.4) is 0 Å². The average molecular weight is 393 g/mol. The standard InChI is InChI=1S/C24H40O4/c1-4-5-6-7-8-10-14-22(17-13-18-27-19-23-20-28-23)24(25-2,26-3)21-15-11-9-12-16-21/h9,11-12,15-16,22-23H,4-8,10,13-14,17-20H2,1-3H3. The summed E-state index contributed by atoms with van der Waals surface area (Å²) in [5.74, 6) is -0.388. The normalized spacial score (nSPS) is 17.6. The van der Waals surface area contributed by atoms with Crippen LogP contribution < -0.4 is 0 Å². The molecule has 0 amide bonds. The fraction of sp³-hybridized carbons (Fsp3) is 0.750.